The second-order valence-electron chi connectivity index (χ2n) is 4.97. The minimum Gasteiger partial charge on any atom is -0.381 e. The average molecular weight is 221 g/mol. The molecular weight excluding hydrogens is 202 g/mol. The van der Waals surface area contributed by atoms with Crippen LogP contribution in [0.5, 0.6) is 0 Å². The second-order valence-corrected chi connectivity index (χ2v) is 4.97. The van der Waals surface area contributed by atoms with Crippen LogP contribution in [0.2, 0.25) is 0 Å². The summed E-state index contributed by atoms with van der Waals surface area (Å²) in [6.07, 6.45) is 7.68. The van der Waals surface area contributed by atoms with Crippen LogP contribution in [0.15, 0.2) is 0 Å². The van der Waals surface area contributed by atoms with Gasteiger partial charge < -0.3 is 4.74 Å². The van der Waals surface area contributed by atoms with Crippen LogP contribution in [0.3, 0.4) is 0 Å². The van der Waals surface area contributed by atoms with Gasteiger partial charge in [0.2, 0.25) is 0 Å². The minimum absolute atomic E-state index is 0.425. The Morgan fingerprint density at radius 1 is 1.06 bits per heavy atom. The number of aromatic amines is 1. The molecule has 1 aromatic rings. The lowest BCUT2D eigenvalue weighted by molar-refractivity contribution is 0.193. The van der Waals surface area contributed by atoms with Gasteiger partial charge in [0.1, 0.15) is 5.82 Å². The van der Waals surface area contributed by atoms with Crippen LogP contribution in [0, 0.1) is 0 Å². The molecule has 0 radical (unpaired) electrons. The summed E-state index contributed by atoms with van der Waals surface area (Å²) >= 11 is 0. The number of hydrogen-bond acceptors (Lipinski definition) is 3. The second kappa shape index (κ2) is 4.53. The van der Waals surface area contributed by atoms with Gasteiger partial charge in [0.05, 0.1) is 6.61 Å². The molecule has 1 atom stereocenters. The Bertz CT molecular complexity index is 338. The van der Waals surface area contributed by atoms with Crippen molar-refractivity contribution in [1.82, 2.24) is 15.2 Å². The molecule has 2 aliphatic rings. The number of ether oxygens (including phenoxy) is 1. The van der Waals surface area contributed by atoms with Crippen molar-refractivity contribution in [3.63, 3.8) is 0 Å². The molecule has 1 saturated carbocycles. The summed E-state index contributed by atoms with van der Waals surface area (Å²) in [6, 6.07) is 0. The molecule has 0 bridgehead atoms. The molecule has 1 aliphatic carbocycles. The molecule has 88 valence electrons. The quantitative estimate of drug-likeness (QED) is 0.834. The fourth-order valence-corrected chi connectivity index (χ4v) is 2.77. The van der Waals surface area contributed by atoms with Crippen molar-refractivity contribution in [1.29, 1.82) is 0 Å². The number of H-pyrrole nitrogens is 1. The Morgan fingerprint density at radius 2 is 1.94 bits per heavy atom. The summed E-state index contributed by atoms with van der Waals surface area (Å²) in [5.41, 5.74) is 0. The van der Waals surface area contributed by atoms with E-state index in [2.05, 4.69) is 15.2 Å². The number of rotatable bonds is 2. The topological polar surface area (TPSA) is 50.8 Å². The third kappa shape index (κ3) is 1.98. The predicted octanol–water partition coefficient (Wildman–Crippen LogP) is 2.36. The van der Waals surface area contributed by atoms with Gasteiger partial charge in [0, 0.05) is 18.4 Å². The summed E-state index contributed by atoms with van der Waals surface area (Å²) in [6.45, 7) is 1.65. The highest BCUT2D eigenvalue weighted by Crippen LogP contribution is 2.31. The van der Waals surface area contributed by atoms with Gasteiger partial charge in [-0.3, -0.25) is 5.10 Å². The normalized spacial score (nSPS) is 27.4. The standard InChI is InChI=1S/C12H19N3O/c1-2-4-9(5-3-1)11-13-12(15-14-11)10-6-7-16-8-10/h9-10H,1-8H2,(H,13,14,15). The molecule has 1 N–H and O–H groups in total. The molecule has 3 rings (SSSR count). The Hall–Kier alpha value is -0.900. The number of nitrogens with one attached hydrogen (secondary N) is 1. The summed E-state index contributed by atoms with van der Waals surface area (Å²) in [5, 5.41) is 7.49. The fourth-order valence-electron chi connectivity index (χ4n) is 2.77. The molecule has 2 heterocycles. The third-order valence-electron chi connectivity index (χ3n) is 3.81. The third-order valence-corrected chi connectivity index (χ3v) is 3.81. The van der Waals surface area contributed by atoms with E-state index in [9.17, 15) is 0 Å². The first-order chi connectivity index (χ1) is 7.93. The Labute approximate surface area is 95.8 Å². The number of aromatic nitrogens is 3. The van der Waals surface area contributed by atoms with Crippen LogP contribution in [-0.4, -0.2) is 28.4 Å². The highest BCUT2D eigenvalue weighted by Gasteiger charge is 2.24. The summed E-state index contributed by atoms with van der Waals surface area (Å²) in [7, 11) is 0. The van der Waals surface area contributed by atoms with Gasteiger partial charge in [-0.2, -0.15) is 5.10 Å². The van der Waals surface area contributed by atoms with E-state index in [4.69, 9.17) is 4.74 Å². The molecule has 1 unspecified atom stereocenters. The number of nitrogens with zero attached hydrogens (tertiary/aromatic N) is 2. The van der Waals surface area contributed by atoms with Crippen LogP contribution in [-0.2, 0) is 4.74 Å². The van der Waals surface area contributed by atoms with E-state index in [1.165, 1.54) is 32.1 Å². The van der Waals surface area contributed by atoms with E-state index < -0.39 is 0 Å². The van der Waals surface area contributed by atoms with E-state index in [0.717, 1.165) is 31.3 Å². The first kappa shape index (κ1) is 10.3. The zero-order chi connectivity index (χ0) is 10.8. The molecule has 1 aromatic heterocycles. The molecule has 0 aromatic carbocycles. The molecular formula is C12H19N3O. The fraction of sp³-hybridized carbons (Fsp3) is 0.833. The molecule has 1 saturated heterocycles. The lowest BCUT2D eigenvalue weighted by Gasteiger charge is -2.18. The van der Waals surface area contributed by atoms with Crippen molar-refractivity contribution in [2.24, 2.45) is 0 Å². The monoisotopic (exact) mass is 221 g/mol. The average Bonchev–Trinajstić information content (AvgIpc) is 3.01. The van der Waals surface area contributed by atoms with E-state index in [0.29, 0.717) is 11.8 Å². The Morgan fingerprint density at radius 3 is 2.69 bits per heavy atom. The molecule has 1 aliphatic heterocycles. The van der Waals surface area contributed by atoms with Gasteiger partial charge in [-0.05, 0) is 19.3 Å². The van der Waals surface area contributed by atoms with Crippen molar-refractivity contribution in [2.75, 3.05) is 13.2 Å². The van der Waals surface area contributed by atoms with Gasteiger partial charge in [-0.15, -0.1) is 0 Å². The minimum atomic E-state index is 0.425. The maximum Gasteiger partial charge on any atom is 0.156 e. The van der Waals surface area contributed by atoms with Gasteiger partial charge in [-0.25, -0.2) is 4.98 Å². The summed E-state index contributed by atoms with van der Waals surface area (Å²) in [5.74, 6) is 3.13. The lowest BCUT2D eigenvalue weighted by Crippen LogP contribution is -2.06. The summed E-state index contributed by atoms with van der Waals surface area (Å²) in [4.78, 5) is 4.67. The van der Waals surface area contributed by atoms with Crippen LogP contribution in [0.25, 0.3) is 0 Å². The summed E-state index contributed by atoms with van der Waals surface area (Å²) < 4.78 is 5.37. The van der Waals surface area contributed by atoms with Crippen molar-refractivity contribution in [2.45, 2.75) is 50.4 Å². The molecule has 4 nitrogen and oxygen atoms in total. The first-order valence-corrected chi connectivity index (χ1v) is 6.43. The molecule has 0 spiro atoms. The van der Waals surface area contributed by atoms with Crippen LogP contribution in [0.4, 0.5) is 0 Å². The molecule has 4 heteroatoms. The van der Waals surface area contributed by atoms with Crippen LogP contribution < -0.4 is 0 Å². The van der Waals surface area contributed by atoms with Crippen molar-refractivity contribution in [3.05, 3.63) is 11.6 Å². The lowest BCUT2D eigenvalue weighted by atomic mass is 9.89. The maximum absolute atomic E-state index is 5.37. The van der Waals surface area contributed by atoms with E-state index in [1.807, 2.05) is 0 Å². The van der Waals surface area contributed by atoms with E-state index >= 15 is 0 Å². The largest absolute Gasteiger partial charge is 0.381 e. The smallest absolute Gasteiger partial charge is 0.156 e. The van der Waals surface area contributed by atoms with Crippen molar-refractivity contribution in [3.8, 4) is 0 Å². The van der Waals surface area contributed by atoms with Crippen molar-refractivity contribution >= 4 is 0 Å². The highest BCUT2D eigenvalue weighted by molar-refractivity contribution is 5.04. The van der Waals surface area contributed by atoms with Crippen LogP contribution >= 0.6 is 0 Å². The van der Waals surface area contributed by atoms with E-state index in [1.54, 1.807) is 0 Å². The van der Waals surface area contributed by atoms with Gasteiger partial charge >= 0.3 is 0 Å². The highest BCUT2D eigenvalue weighted by atomic mass is 16.5. The maximum atomic E-state index is 5.37. The SMILES string of the molecule is C1CCC(c2nc(C3CCOC3)n[nH]2)CC1. The van der Waals surface area contributed by atoms with Gasteiger partial charge in [0.15, 0.2) is 5.82 Å². The Balaban J connectivity index is 1.71. The van der Waals surface area contributed by atoms with Gasteiger partial charge in [0.25, 0.3) is 0 Å². The Kier molecular flexibility index (Phi) is 2.91. The van der Waals surface area contributed by atoms with Crippen LogP contribution in [0.1, 0.15) is 62.0 Å². The zero-order valence-corrected chi connectivity index (χ0v) is 9.61. The molecule has 16 heavy (non-hydrogen) atoms. The van der Waals surface area contributed by atoms with E-state index in [-0.39, 0.29) is 0 Å². The number of hydrogen-bond donors (Lipinski definition) is 1. The molecule has 0 amide bonds. The first-order valence-electron chi connectivity index (χ1n) is 6.43. The zero-order valence-electron chi connectivity index (χ0n) is 9.61. The molecule has 2 fully saturated rings. The van der Waals surface area contributed by atoms with Crippen molar-refractivity contribution < 1.29 is 4.74 Å². The van der Waals surface area contributed by atoms with Gasteiger partial charge in [-0.1, -0.05) is 19.3 Å². The predicted molar refractivity (Wildman–Crippen MR) is 60.4 cm³/mol.